The summed E-state index contributed by atoms with van der Waals surface area (Å²) in [6.45, 7) is 1.09. The van der Waals surface area contributed by atoms with Crippen molar-refractivity contribution >= 4 is 11.3 Å². The molecule has 1 aliphatic rings. The summed E-state index contributed by atoms with van der Waals surface area (Å²) in [6.07, 6.45) is 9.52. The van der Waals surface area contributed by atoms with Gasteiger partial charge in [-0.3, -0.25) is 0 Å². The number of thiazole rings is 1. The third kappa shape index (κ3) is 3.92. The molecule has 0 atom stereocenters. The highest BCUT2D eigenvalue weighted by atomic mass is 32.1. The fourth-order valence-electron chi connectivity index (χ4n) is 2.25. The van der Waals surface area contributed by atoms with E-state index in [0.717, 1.165) is 19.0 Å². The molecule has 1 aromatic rings. The predicted molar refractivity (Wildman–Crippen MR) is 65.3 cm³/mol. The number of hydrogen-bond donors (Lipinski definition) is 1. The Kier molecular flexibility index (Phi) is 4.61. The van der Waals surface area contributed by atoms with Crippen LogP contribution in [-0.4, -0.2) is 17.6 Å². The first kappa shape index (κ1) is 11.1. The van der Waals surface area contributed by atoms with E-state index in [4.69, 9.17) is 0 Å². The second kappa shape index (κ2) is 6.23. The van der Waals surface area contributed by atoms with E-state index in [-0.39, 0.29) is 0 Å². The van der Waals surface area contributed by atoms with Gasteiger partial charge in [0.2, 0.25) is 0 Å². The lowest BCUT2D eigenvalue weighted by molar-refractivity contribution is 0.462. The van der Waals surface area contributed by atoms with Gasteiger partial charge in [0.15, 0.2) is 0 Å². The van der Waals surface area contributed by atoms with Gasteiger partial charge in [0.25, 0.3) is 0 Å². The van der Waals surface area contributed by atoms with Crippen LogP contribution in [0.3, 0.4) is 0 Å². The first-order chi connectivity index (χ1) is 7.45. The molecule has 0 amide bonds. The average molecular weight is 224 g/mol. The van der Waals surface area contributed by atoms with Gasteiger partial charge in [-0.1, -0.05) is 25.7 Å². The molecule has 2 rings (SSSR count). The topological polar surface area (TPSA) is 24.9 Å². The second-order valence-corrected chi connectivity index (χ2v) is 5.09. The van der Waals surface area contributed by atoms with Gasteiger partial charge < -0.3 is 5.32 Å². The van der Waals surface area contributed by atoms with E-state index >= 15 is 0 Å². The van der Waals surface area contributed by atoms with Crippen molar-refractivity contribution in [2.75, 3.05) is 6.54 Å². The van der Waals surface area contributed by atoms with Crippen molar-refractivity contribution in [2.24, 2.45) is 0 Å². The van der Waals surface area contributed by atoms with Gasteiger partial charge in [-0.25, -0.2) is 4.98 Å². The van der Waals surface area contributed by atoms with Crippen molar-refractivity contribution in [3.05, 3.63) is 16.6 Å². The van der Waals surface area contributed by atoms with E-state index in [1.54, 1.807) is 11.3 Å². The number of aromatic nitrogens is 1. The monoisotopic (exact) mass is 224 g/mol. The lowest BCUT2D eigenvalue weighted by atomic mass is 10.1. The Labute approximate surface area is 96.1 Å². The average Bonchev–Trinajstić information content (AvgIpc) is 2.62. The van der Waals surface area contributed by atoms with E-state index in [1.807, 2.05) is 5.51 Å². The van der Waals surface area contributed by atoms with Crippen LogP contribution in [0.15, 0.2) is 10.9 Å². The van der Waals surface area contributed by atoms with Gasteiger partial charge in [0, 0.05) is 24.4 Å². The van der Waals surface area contributed by atoms with Gasteiger partial charge in [-0.15, -0.1) is 11.3 Å². The highest BCUT2D eigenvalue weighted by Gasteiger charge is 2.10. The van der Waals surface area contributed by atoms with Crippen molar-refractivity contribution in [2.45, 2.75) is 51.0 Å². The summed E-state index contributed by atoms with van der Waals surface area (Å²) in [6, 6.07) is 0.770. The molecule has 15 heavy (non-hydrogen) atoms. The minimum Gasteiger partial charge on any atom is -0.314 e. The van der Waals surface area contributed by atoms with Gasteiger partial charge in [0.1, 0.15) is 0 Å². The molecule has 0 spiro atoms. The number of nitrogens with one attached hydrogen (secondary N) is 1. The van der Waals surface area contributed by atoms with Crippen LogP contribution in [0.25, 0.3) is 0 Å². The van der Waals surface area contributed by atoms with E-state index < -0.39 is 0 Å². The van der Waals surface area contributed by atoms with Crippen LogP contribution in [0.1, 0.15) is 44.2 Å². The number of nitrogens with zero attached hydrogens (tertiary/aromatic N) is 1. The van der Waals surface area contributed by atoms with Crippen molar-refractivity contribution in [3.63, 3.8) is 0 Å². The summed E-state index contributed by atoms with van der Waals surface area (Å²) in [5.74, 6) is 0. The Bertz CT molecular complexity index is 251. The summed E-state index contributed by atoms with van der Waals surface area (Å²) in [7, 11) is 0. The van der Waals surface area contributed by atoms with Gasteiger partial charge in [0.05, 0.1) is 11.2 Å². The molecule has 2 nitrogen and oxygen atoms in total. The lowest BCUT2D eigenvalue weighted by Gasteiger charge is -2.15. The number of rotatable bonds is 4. The van der Waals surface area contributed by atoms with E-state index in [2.05, 4.69) is 15.7 Å². The molecule has 0 aromatic carbocycles. The first-order valence-corrected chi connectivity index (χ1v) is 7.00. The molecule has 0 radical (unpaired) electrons. The second-order valence-electron chi connectivity index (χ2n) is 4.37. The Morgan fingerprint density at radius 1 is 1.27 bits per heavy atom. The van der Waals surface area contributed by atoms with Crippen LogP contribution < -0.4 is 5.32 Å². The molecule has 0 saturated heterocycles. The molecule has 3 heteroatoms. The van der Waals surface area contributed by atoms with E-state index in [1.165, 1.54) is 44.2 Å². The molecule has 0 bridgehead atoms. The summed E-state index contributed by atoms with van der Waals surface area (Å²) in [5, 5.41) is 5.81. The standard InChI is InChI=1S/C12H20N2S/c1-2-4-6-11(5-3-1)13-8-7-12-9-15-10-14-12/h9-11,13H,1-8H2. The maximum Gasteiger partial charge on any atom is 0.0794 e. The minimum atomic E-state index is 0.770. The van der Waals surface area contributed by atoms with E-state index in [0.29, 0.717) is 0 Å². The van der Waals surface area contributed by atoms with Crippen LogP contribution >= 0.6 is 11.3 Å². The summed E-state index contributed by atoms with van der Waals surface area (Å²) in [5.41, 5.74) is 3.15. The number of hydrogen-bond acceptors (Lipinski definition) is 3. The summed E-state index contributed by atoms with van der Waals surface area (Å²) >= 11 is 1.69. The van der Waals surface area contributed by atoms with Gasteiger partial charge >= 0.3 is 0 Å². The highest BCUT2D eigenvalue weighted by molar-refractivity contribution is 7.07. The molecular weight excluding hydrogens is 204 g/mol. The molecule has 0 unspecified atom stereocenters. The van der Waals surface area contributed by atoms with Crippen LogP contribution in [-0.2, 0) is 6.42 Å². The molecule has 1 N–H and O–H groups in total. The van der Waals surface area contributed by atoms with Crippen molar-refractivity contribution in [1.29, 1.82) is 0 Å². The van der Waals surface area contributed by atoms with Crippen molar-refractivity contribution < 1.29 is 0 Å². The highest BCUT2D eigenvalue weighted by Crippen LogP contribution is 2.17. The minimum absolute atomic E-state index is 0.770. The van der Waals surface area contributed by atoms with E-state index in [9.17, 15) is 0 Å². The van der Waals surface area contributed by atoms with Crippen molar-refractivity contribution in [1.82, 2.24) is 10.3 Å². The van der Waals surface area contributed by atoms with Crippen molar-refractivity contribution in [3.8, 4) is 0 Å². The molecule has 84 valence electrons. The summed E-state index contributed by atoms with van der Waals surface area (Å²) in [4.78, 5) is 4.30. The quantitative estimate of drug-likeness (QED) is 0.795. The molecular formula is C12H20N2S. The first-order valence-electron chi connectivity index (χ1n) is 6.05. The van der Waals surface area contributed by atoms with Gasteiger partial charge in [-0.05, 0) is 12.8 Å². The lowest BCUT2D eigenvalue weighted by Crippen LogP contribution is -2.30. The zero-order valence-electron chi connectivity index (χ0n) is 9.24. The third-order valence-corrected chi connectivity index (χ3v) is 3.79. The van der Waals surface area contributed by atoms with Crippen LogP contribution in [0.4, 0.5) is 0 Å². The SMILES string of the molecule is c1nc(CCNC2CCCCCC2)cs1. The maximum absolute atomic E-state index is 4.30. The Morgan fingerprint density at radius 3 is 2.73 bits per heavy atom. The Balaban J connectivity index is 1.64. The molecule has 1 heterocycles. The maximum atomic E-state index is 4.30. The zero-order valence-corrected chi connectivity index (χ0v) is 10.1. The van der Waals surface area contributed by atoms with Crippen LogP contribution in [0.2, 0.25) is 0 Å². The zero-order chi connectivity index (χ0) is 10.3. The molecule has 1 fully saturated rings. The van der Waals surface area contributed by atoms with Crippen LogP contribution in [0, 0.1) is 0 Å². The summed E-state index contributed by atoms with van der Waals surface area (Å²) < 4.78 is 0. The van der Waals surface area contributed by atoms with Gasteiger partial charge in [-0.2, -0.15) is 0 Å². The Hall–Kier alpha value is -0.410. The molecule has 1 saturated carbocycles. The predicted octanol–water partition coefficient (Wildman–Crippen LogP) is 3.00. The Morgan fingerprint density at radius 2 is 2.07 bits per heavy atom. The smallest absolute Gasteiger partial charge is 0.0794 e. The normalized spacial score (nSPS) is 18.9. The third-order valence-electron chi connectivity index (χ3n) is 3.15. The fourth-order valence-corrected chi connectivity index (χ4v) is 2.84. The molecule has 1 aromatic heterocycles. The van der Waals surface area contributed by atoms with Crippen LogP contribution in [0.5, 0.6) is 0 Å². The largest absolute Gasteiger partial charge is 0.314 e. The molecule has 1 aliphatic carbocycles. The fraction of sp³-hybridized carbons (Fsp3) is 0.750. The molecule has 0 aliphatic heterocycles.